The van der Waals surface area contributed by atoms with Crippen LogP contribution in [0.15, 0.2) is 41.6 Å². The minimum absolute atomic E-state index is 0.322. The number of rotatable bonds is 2. The van der Waals surface area contributed by atoms with E-state index in [-0.39, 0.29) is 0 Å². The summed E-state index contributed by atoms with van der Waals surface area (Å²) < 4.78 is 0. The van der Waals surface area contributed by atoms with Gasteiger partial charge in [0.15, 0.2) is 0 Å². The predicted molar refractivity (Wildman–Crippen MR) is 63.5 cm³/mol. The molecule has 0 heterocycles. The third kappa shape index (κ3) is 1.75. The molecule has 2 aromatic rings. The van der Waals surface area contributed by atoms with Gasteiger partial charge in [-0.15, -0.1) is 4.91 Å². The molecule has 0 bridgehead atoms. The summed E-state index contributed by atoms with van der Waals surface area (Å²) in [4.78, 5) is 10.7. The molecule has 0 aliphatic rings. The average molecular weight is 199 g/mol. The van der Waals surface area contributed by atoms with E-state index >= 15 is 0 Å². The number of nitroso groups, excluding NO2 is 1. The summed E-state index contributed by atoms with van der Waals surface area (Å²) in [5, 5.41) is 5.32. The number of fused-ring (bicyclic) bond motifs is 1. The van der Waals surface area contributed by atoms with Gasteiger partial charge in [0.25, 0.3) is 0 Å². The molecule has 2 rings (SSSR count). The van der Waals surface area contributed by atoms with Crippen LogP contribution in [-0.2, 0) is 0 Å². The SMILES string of the molecule is CC(C)c1cc2ccccc2cc1N=O. The summed E-state index contributed by atoms with van der Waals surface area (Å²) >= 11 is 0. The molecular formula is C13H13NO. The van der Waals surface area contributed by atoms with Crippen molar-refractivity contribution in [3.05, 3.63) is 46.9 Å². The number of hydrogen-bond donors (Lipinski definition) is 0. The lowest BCUT2D eigenvalue weighted by atomic mass is 9.97. The second-order valence-corrected chi connectivity index (χ2v) is 4.00. The molecule has 0 N–H and O–H groups in total. The molecule has 0 aliphatic heterocycles. The van der Waals surface area contributed by atoms with Gasteiger partial charge < -0.3 is 0 Å². The summed E-state index contributed by atoms with van der Waals surface area (Å²) in [6.45, 7) is 4.14. The lowest BCUT2D eigenvalue weighted by Gasteiger charge is -2.09. The molecular weight excluding hydrogens is 186 g/mol. The first-order chi connectivity index (χ1) is 7.22. The molecule has 0 amide bonds. The van der Waals surface area contributed by atoms with Crippen molar-refractivity contribution in [3.63, 3.8) is 0 Å². The Morgan fingerprint density at radius 2 is 1.67 bits per heavy atom. The highest BCUT2D eigenvalue weighted by Crippen LogP contribution is 2.31. The Labute approximate surface area is 88.9 Å². The fraction of sp³-hybridized carbons (Fsp3) is 0.231. The maximum atomic E-state index is 10.7. The van der Waals surface area contributed by atoms with E-state index in [0.29, 0.717) is 11.6 Å². The van der Waals surface area contributed by atoms with Crippen LogP contribution >= 0.6 is 0 Å². The molecule has 76 valence electrons. The summed E-state index contributed by atoms with van der Waals surface area (Å²) in [6, 6.07) is 11.9. The van der Waals surface area contributed by atoms with Crippen LogP contribution in [0.5, 0.6) is 0 Å². The molecule has 0 atom stereocenters. The highest BCUT2D eigenvalue weighted by molar-refractivity contribution is 5.86. The van der Waals surface area contributed by atoms with Gasteiger partial charge in [0, 0.05) is 0 Å². The van der Waals surface area contributed by atoms with E-state index in [2.05, 4.69) is 31.2 Å². The average Bonchev–Trinajstić information content (AvgIpc) is 2.27. The first-order valence-electron chi connectivity index (χ1n) is 5.08. The van der Waals surface area contributed by atoms with Gasteiger partial charge in [-0.1, -0.05) is 38.1 Å². The van der Waals surface area contributed by atoms with Crippen molar-refractivity contribution in [2.24, 2.45) is 5.18 Å². The molecule has 0 radical (unpaired) electrons. The van der Waals surface area contributed by atoms with Crippen molar-refractivity contribution in [1.29, 1.82) is 0 Å². The molecule has 0 saturated heterocycles. The Hall–Kier alpha value is -1.70. The fourth-order valence-electron chi connectivity index (χ4n) is 1.79. The predicted octanol–water partition coefficient (Wildman–Crippen LogP) is 4.36. The van der Waals surface area contributed by atoms with Crippen molar-refractivity contribution in [2.45, 2.75) is 19.8 Å². The van der Waals surface area contributed by atoms with Crippen LogP contribution < -0.4 is 0 Å². The summed E-state index contributed by atoms with van der Waals surface area (Å²) in [6.07, 6.45) is 0. The lowest BCUT2D eigenvalue weighted by Crippen LogP contribution is -1.88. The first-order valence-corrected chi connectivity index (χ1v) is 5.08. The van der Waals surface area contributed by atoms with Crippen LogP contribution in [-0.4, -0.2) is 0 Å². The Morgan fingerprint density at radius 1 is 1.07 bits per heavy atom. The van der Waals surface area contributed by atoms with E-state index in [1.165, 1.54) is 0 Å². The third-order valence-corrected chi connectivity index (χ3v) is 2.62. The van der Waals surface area contributed by atoms with E-state index < -0.39 is 0 Å². The van der Waals surface area contributed by atoms with Gasteiger partial charge >= 0.3 is 0 Å². The van der Waals surface area contributed by atoms with E-state index in [9.17, 15) is 4.91 Å². The van der Waals surface area contributed by atoms with Crippen LogP contribution in [0.2, 0.25) is 0 Å². The molecule has 2 nitrogen and oxygen atoms in total. The number of benzene rings is 2. The second kappa shape index (κ2) is 3.81. The van der Waals surface area contributed by atoms with Crippen LogP contribution in [0.25, 0.3) is 10.8 Å². The maximum Gasteiger partial charge on any atom is 0.112 e. The van der Waals surface area contributed by atoms with Crippen molar-refractivity contribution in [1.82, 2.24) is 0 Å². The van der Waals surface area contributed by atoms with Crippen LogP contribution in [0.3, 0.4) is 0 Å². The molecule has 0 aliphatic carbocycles. The number of hydrogen-bond acceptors (Lipinski definition) is 2. The fourth-order valence-corrected chi connectivity index (χ4v) is 1.79. The Bertz CT molecular complexity index is 503. The van der Waals surface area contributed by atoms with E-state index in [4.69, 9.17) is 0 Å². The van der Waals surface area contributed by atoms with Gasteiger partial charge in [0.2, 0.25) is 0 Å². The molecule has 0 spiro atoms. The standard InChI is InChI=1S/C13H13NO/c1-9(2)12-7-10-5-3-4-6-11(10)8-13(12)14-15/h3-9H,1-2H3. The minimum atomic E-state index is 0.322. The zero-order valence-electron chi connectivity index (χ0n) is 8.90. The topological polar surface area (TPSA) is 29.4 Å². The molecule has 0 aromatic heterocycles. The monoisotopic (exact) mass is 199 g/mol. The van der Waals surface area contributed by atoms with Crippen molar-refractivity contribution in [2.75, 3.05) is 0 Å². The van der Waals surface area contributed by atoms with Crippen LogP contribution in [0.1, 0.15) is 25.3 Å². The van der Waals surface area contributed by atoms with Gasteiger partial charge in [0.1, 0.15) is 5.69 Å². The highest BCUT2D eigenvalue weighted by Gasteiger charge is 2.08. The summed E-state index contributed by atoms with van der Waals surface area (Å²) in [5.74, 6) is 0.322. The third-order valence-electron chi connectivity index (χ3n) is 2.62. The van der Waals surface area contributed by atoms with Gasteiger partial charge in [0.05, 0.1) is 0 Å². The van der Waals surface area contributed by atoms with E-state index in [0.717, 1.165) is 16.3 Å². The minimum Gasteiger partial charge on any atom is -0.145 e. The van der Waals surface area contributed by atoms with Gasteiger partial charge in [-0.3, -0.25) is 0 Å². The first kappa shape index (κ1) is 9.84. The smallest absolute Gasteiger partial charge is 0.112 e. The summed E-state index contributed by atoms with van der Waals surface area (Å²) in [5.41, 5.74) is 1.58. The molecule has 2 aromatic carbocycles. The lowest BCUT2D eigenvalue weighted by molar-refractivity contribution is 0.868. The molecule has 0 fully saturated rings. The maximum absolute atomic E-state index is 10.7. The Balaban J connectivity index is 2.74. The van der Waals surface area contributed by atoms with E-state index in [1.54, 1.807) is 0 Å². The Kier molecular flexibility index (Phi) is 2.50. The highest BCUT2D eigenvalue weighted by atomic mass is 16.3. The second-order valence-electron chi connectivity index (χ2n) is 4.00. The quantitative estimate of drug-likeness (QED) is 0.660. The van der Waals surface area contributed by atoms with Crippen molar-refractivity contribution < 1.29 is 0 Å². The molecule has 0 saturated carbocycles. The largest absolute Gasteiger partial charge is 0.145 e. The molecule has 15 heavy (non-hydrogen) atoms. The van der Waals surface area contributed by atoms with Crippen LogP contribution in [0, 0.1) is 4.91 Å². The van der Waals surface area contributed by atoms with E-state index in [1.807, 2.05) is 24.3 Å². The Morgan fingerprint density at radius 3 is 2.20 bits per heavy atom. The van der Waals surface area contributed by atoms with Crippen molar-refractivity contribution in [3.8, 4) is 0 Å². The summed E-state index contributed by atoms with van der Waals surface area (Å²) in [7, 11) is 0. The van der Waals surface area contributed by atoms with Gasteiger partial charge in [-0.25, -0.2) is 0 Å². The zero-order valence-corrected chi connectivity index (χ0v) is 8.90. The van der Waals surface area contributed by atoms with Crippen molar-refractivity contribution >= 4 is 16.5 Å². The number of nitrogens with zero attached hydrogens (tertiary/aromatic N) is 1. The zero-order chi connectivity index (χ0) is 10.8. The van der Waals surface area contributed by atoms with Gasteiger partial charge in [-0.05, 0) is 39.6 Å². The molecule has 0 unspecified atom stereocenters. The normalized spacial score (nSPS) is 10.9. The molecule has 2 heteroatoms. The van der Waals surface area contributed by atoms with Crippen LogP contribution in [0.4, 0.5) is 5.69 Å². The van der Waals surface area contributed by atoms with Gasteiger partial charge in [-0.2, -0.15) is 0 Å².